The number of ether oxygens (including phenoxy) is 3. The lowest BCUT2D eigenvalue weighted by Gasteiger charge is -2.08. The predicted octanol–water partition coefficient (Wildman–Crippen LogP) is 0.704. The number of hydrogen-bond acceptors (Lipinski definition) is 4. The van der Waals surface area contributed by atoms with Crippen molar-refractivity contribution in [2.45, 2.75) is 31.7 Å². The monoisotopic (exact) mass is 198 g/mol. The van der Waals surface area contributed by atoms with Crippen molar-refractivity contribution < 1.29 is 19.0 Å². The van der Waals surface area contributed by atoms with Crippen LogP contribution in [0.3, 0.4) is 0 Å². The summed E-state index contributed by atoms with van der Waals surface area (Å²) in [5.74, 6) is 2.15. The van der Waals surface area contributed by atoms with Crippen molar-refractivity contribution in [3.63, 3.8) is 0 Å². The Hall–Kier alpha value is -1.05. The standard InChI is InChI=1S/C10H14O4/c1-3-4-5-6-9-13-7-8(14-9)10(11)12-2/h1,8-9H,4-7H2,2H3. The molecule has 0 aromatic heterocycles. The van der Waals surface area contributed by atoms with Gasteiger partial charge in [0.05, 0.1) is 13.7 Å². The number of rotatable bonds is 4. The molecule has 0 aliphatic carbocycles. The van der Waals surface area contributed by atoms with Crippen LogP contribution in [0.1, 0.15) is 19.3 Å². The number of methoxy groups -OCH3 is 1. The zero-order chi connectivity index (χ0) is 10.4. The zero-order valence-electron chi connectivity index (χ0n) is 8.19. The number of esters is 1. The van der Waals surface area contributed by atoms with Crippen LogP contribution in [0, 0.1) is 12.3 Å². The maximum Gasteiger partial charge on any atom is 0.337 e. The van der Waals surface area contributed by atoms with Crippen LogP contribution in [0.15, 0.2) is 0 Å². The average molecular weight is 198 g/mol. The molecule has 0 amide bonds. The lowest BCUT2D eigenvalue weighted by atomic mass is 10.2. The van der Waals surface area contributed by atoms with Gasteiger partial charge in [-0.2, -0.15) is 0 Å². The van der Waals surface area contributed by atoms with Crippen molar-refractivity contribution in [1.82, 2.24) is 0 Å². The fraction of sp³-hybridized carbons (Fsp3) is 0.700. The quantitative estimate of drug-likeness (QED) is 0.379. The Bertz CT molecular complexity index is 231. The maximum absolute atomic E-state index is 11.0. The van der Waals surface area contributed by atoms with Gasteiger partial charge in [-0.15, -0.1) is 12.3 Å². The molecule has 2 unspecified atom stereocenters. The molecule has 14 heavy (non-hydrogen) atoms. The third-order valence-electron chi connectivity index (χ3n) is 1.97. The molecule has 4 heteroatoms. The summed E-state index contributed by atoms with van der Waals surface area (Å²) in [7, 11) is 1.33. The highest BCUT2D eigenvalue weighted by molar-refractivity contribution is 5.74. The molecule has 2 atom stereocenters. The van der Waals surface area contributed by atoms with Crippen molar-refractivity contribution >= 4 is 5.97 Å². The molecule has 0 bridgehead atoms. The summed E-state index contributed by atoms with van der Waals surface area (Å²) in [6.07, 6.45) is 6.48. The second kappa shape index (κ2) is 5.63. The summed E-state index contributed by atoms with van der Waals surface area (Å²) in [6, 6.07) is 0. The minimum atomic E-state index is -0.573. The minimum Gasteiger partial charge on any atom is -0.467 e. The van der Waals surface area contributed by atoms with Gasteiger partial charge in [-0.05, 0) is 12.8 Å². The Morgan fingerprint density at radius 2 is 2.50 bits per heavy atom. The van der Waals surface area contributed by atoms with Gasteiger partial charge in [0.25, 0.3) is 0 Å². The van der Waals surface area contributed by atoms with E-state index in [1.54, 1.807) is 0 Å². The SMILES string of the molecule is C#CCCCC1OCC(C(=O)OC)O1. The Kier molecular flexibility index (Phi) is 4.44. The van der Waals surface area contributed by atoms with E-state index >= 15 is 0 Å². The van der Waals surface area contributed by atoms with E-state index in [0.29, 0.717) is 6.42 Å². The summed E-state index contributed by atoms with van der Waals surface area (Å²) >= 11 is 0. The minimum absolute atomic E-state index is 0.271. The third-order valence-corrected chi connectivity index (χ3v) is 1.97. The van der Waals surface area contributed by atoms with Crippen LogP contribution in [-0.4, -0.2) is 32.1 Å². The van der Waals surface area contributed by atoms with E-state index in [1.807, 2.05) is 0 Å². The van der Waals surface area contributed by atoms with Gasteiger partial charge in [0.2, 0.25) is 0 Å². The molecule has 0 N–H and O–H groups in total. The first-order valence-electron chi connectivity index (χ1n) is 4.56. The van der Waals surface area contributed by atoms with Crippen LogP contribution < -0.4 is 0 Å². The topological polar surface area (TPSA) is 44.8 Å². The lowest BCUT2D eigenvalue weighted by Crippen LogP contribution is -2.24. The number of carbonyl (C=O) groups excluding carboxylic acids is 1. The molecule has 1 fully saturated rings. The Morgan fingerprint density at radius 3 is 3.14 bits per heavy atom. The van der Waals surface area contributed by atoms with Crippen molar-refractivity contribution in [1.29, 1.82) is 0 Å². The molecule has 1 rings (SSSR count). The van der Waals surface area contributed by atoms with Gasteiger partial charge in [-0.25, -0.2) is 4.79 Å². The van der Waals surface area contributed by atoms with Crippen molar-refractivity contribution in [3.8, 4) is 12.3 Å². The van der Waals surface area contributed by atoms with Gasteiger partial charge in [-0.3, -0.25) is 0 Å². The van der Waals surface area contributed by atoms with Gasteiger partial charge in [-0.1, -0.05) is 0 Å². The van der Waals surface area contributed by atoms with E-state index in [4.69, 9.17) is 15.9 Å². The van der Waals surface area contributed by atoms with Crippen LogP contribution in [0.2, 0.25) is 0 Å². The Labute approximate surface area is 83.5 Å². The molecule has 4 nitrogen and oxygen atoms in total. The van der Waals surface area contributed by atoms with E-state index < -0.39 is 6.10 Å². The predicted molar refractivity (Wildman–Crippen MR) is 49.3 cm³/mol. The van der Waals surface area contributed by atoms with Gasteiger partial charge in [0.1, 0.15) is 0 Å². The fourth-order valence-corrected chi connectivity index (χ4v) is 1.23. The molecule has 1 aliphatic rings. The molecular formula is C10H14O4. The second-order valence-electron chi connectivity index (χ2n) is 3.01. The summed E-state index contributed by atoms with van der Waals surface area (Å²) in [6.45, 7) is 0.271. The summed E-state index contributed by atoms with van der Waals surface area (Å²) < 4.78 is 15.1. The van der Waals surface area contributed by atoms with Crippen LogP contribution in [0.25, 0.3) is 0 Å². The Balaban J connectivity index is 2.21. The van der Waals surface area contributed by atoms with Crippen LogP contribution >= 0.6 is 0 Å². The highest BCUT2D eigenvalue weighted by Gasteiger charge is 2.31. The molecular weight excluding hydrogens is 184 g/mol. The van der Waals surface area contributed by atoms with Crippen LogP contribution in [0.4, 0.5) is 0 Å². The third kappa shape index (κ3) is 3.02. The highest BCUT2D eigenvalue weighted by Crippen LogP contribution is 2.17. The highest BCUT2D eigenvalue weighted by atomic mass is 16.7. The van der Waals surface area contributed by atoms with Crippen molar-refractivity contribution in [2.75, 3.05) is 13.7 Å². The van der Waals surface area contributed by atoms with E-state index in [0.717, 1.165) is 12.8 Å². The molecule has 78 valence electrons. The smallest absolute Gasteiger partial charge is 0.337 e. The molecule has 1 aliphatic heterocycles. The summed E-state index contributed by atoms with van der Waals surface area (Å²) in [5, 5.41) is 0. The molecule has 0 aromatic carbocycles. The van der Waals surface area contributed by atoms with Gasteiger partial charge >= 0.3 is 5.97 Å². The van der Waals surface area contributed by atoms with Gasteiger partial charge in [0.15, 0.2) is 12.4 Å². The molecule has 1 heterocycles. The molecule has 0 saturated carbocycles. The lowest BCUT2D eigenvalue weighted by molar-refractivity contribution is -0.154. The number of terminal acetylenes is 1. The number of carbonyl (C=O) groups is 1. The second-order valence-corrected chi connectivity index (χ2v) is 3.01. The molecule has 1 saturated heterocycles. The van der Waals surface area contributed by atoms with E-state index in [-0.39, 0.29) is 18.9 Å². The maximum atomic E-state index is 11.0. The number of hydrogen-bond donors (Lipinski definition) is 0. The molecule has 0 aromatic rings. The Morgan fingerprint density at radius 1 is 1.71 bits per heavy atom. The first-order valence-corrected chi connectivity index (χ1v) is 4.56. The van der Waals surface area contributed by atoms with Gasteiger partial charge in [0, 0.05) is 6.42 Å². The zero-order valence-corrected chi connectivity index (χ0v) is 8.19. The summed E-state index contributed by atoms with van der Waals surface area (Å²) in [5.41, 5.74) is 0. The van der Waals surface area contributed by atoms with E-state index in [9.17, 15) is 4.79 Å². The van der Waals surface area contributed by atoms with Crippen LogP contribution in [0.5, 0.6) is 0 Å². The first kappa shape index (κ1) is 11.0. The molecule has 0 radical (unpaired) electrons. The normalized spacial score (nSPS) is 25.7. The van der Waals surface area contributed by atoms with E-state index in [1.165, 1.54) is 7.11 Å². The van der Waals surface area contributed by atoms with Crippen molar-refractivity contribution in [3.05, 3.63) is 0 Å². The van der Waals surface area contributed by atoms with Crippen LogP contribution in [-0.2, 0) is 19.0 Å². The van der Waals surface area contributed by atoms with Gasteiger partial charge < -0.3 is 14.2 Å². The fourth-order valence-electron chi connectivity index (χ4n) is 1.23. The average Bonchev–Trinajstić information content (AvgIpc) is 2.66. The van der Waals surface area contributed by atoms with Crippen molar-refractivity contribution in [2.24, 2.45) is 0 Å². The largest absolute Gasteiger partial charge is 0.467 e. The van der Waals surface area contributed by atoms with E-state index in [2.05, 4.69) is 10.7 Å². The first-order chi connectivity index (χ1) is 6.77. The number of unbranched alkanes of at least 4 members (excludes halogenated alkanes) is 1. The molecule has 0 spiro atoms. The summed E-state index contributed by atoms with van der Waals surface area (Å²) in [4.78, 5) is 11.0.